The number of hydrogen-bond donors (Lipinski definition) is 2. The van der Waals surface area contributed by atoms with Crippen molar-refractivity contribution in [2.75, 3.05) is 0 Å². The molecule has 0 atom stereocenters. The third kappa shape index (κ3) is 2.46. The van der Waals surface area contributed by atoms with Crippen LogP contribution < -0.4 is 5.43 Å². The minimum absolute atomic E-state index is 0.450. The summed E-state index contributed by atoms with van der Waals surface area (Å²) in [5.74, 6) is -1.52. The summed E-state index contributed by atoms with van der Waals surface area (Å²) in [4.78, 5) is 22.1. The van der Waals surface area contributed by atoms with Crippen LogP contribution in [-0.4, -0.2) is 26.0 Å². The molecule has 0 bridgehead atoms. The van der Waals surface area contributed by atoms with Crippen LogP contribution in [0.1, 0.15) is 36.2 Å². The van der Waals surface area contributed by atoms with Crippen molar-refractivity contribution < 1.29 is 15.0 Å². The van der Waals surface area contributed by atoms with Crippen molar-refractivity contribution in [3.05, 3.63) is 22.1 Å². The van der Waals surface area contributed by atoms with Crippen molar-refractivity contribution in [3.8, 4) is 5.75 Å². The third-order valence-electron chi connectivity index (χ3n) is 3.07. The van der Waals surface area contributed by atoms with Crippen molar-refractivity contribution in [1.82, 2.24) is 9.78 Å². The summed E-state index contributed by atoms with van der Waals surface area (Å²) in [5.41, 5.74) is -1.55. The van der Waals surface area contributed by atoms with Gasteiger partial charge in [-0.1, -0.05) is 12.8 Å². The molecule has 2 N–H and O–H groups in total. The number of nitrogens with zero attached hydrogens (tertiary/aromatic N) is 2. The molecule has 0 saturated heterocycles. The molecule has 1 aromatic rings. The van der Waals surface area contributed by atoms with E-state index in [1.807, 2.05) is 0 Å². The Morgan fingerprint density at radius 1 is 1.47 bits per heavy atom. The van der Waals surface area contributed by atoms with E-state index >= 15 is 0 Å². The van der Waals surface area contributed by atoms with E-state index in [9.17, 15) is 14.7 Å². The zero-order valence-electron chi connectivity index (χ0n) is 9.30. The Kier molecular flexibility index (Phi) is 3.12. The maximum atomic E-state index is 11.3. The highest BCUT2D eigenvalue weighted by atomic mass is 16.4. The number of carboxylic acids is 1. The second kappa shape index (κ2) is 4.57. The summed E-state index contributed by atoms with van der Waals surface area (Å²) in [5, 5.41) is 21.9. The molecule has 0 aromatic carbocycles. The van der Waals surface area contributed by atoms with Gasteiger partial charge in [0.15, 0.2) is 5.75 Å². The van der Waals surface area contributed by atoms with E-state index in [0.29, 0.717) is 12.5 Å². The molecule has 92 valence electrons. The van der Waals surface area contributed by atoms with Gasteiger partial charge < -0.3 is 10.2 Å². The Labute approximate surface area is 97.5 Å². The quantitative estimate of drug-likeness (QED) is 0.813. The van der Waals surface area contributed by atoms with Gasteiger partial charge in [0.1, 0.15) is 0 Å². The number of rotatable bonds is 3. The summed E-state index contributed by atoms with van der Waals surface area (Å²) in [7, 11) is 0. The molecule has 6 nitrogen and oxygen atoms in total. The van der Waals surface area contributed by atoms with Gasteiger partial charge in [-0.15, -0.1) is 0 Å². The van der Waals surface area contributed by atoms with Crippen LogP contribution in [0.5, 0.6) is 5.75 Å². The molecule has 1 aliphatic carbocycles. The SMILES string of the molecule is O=C(O)c1nn(CC2CCCC2)cc(O)c1=O. The predicted octanol–water partition coefficient (Wildman–Crippen LogP) is 0.837. The van der Waals surface area contributed by atoms with Crippen molar-refractivity contribution in [2.45, 2.75) is 32.2 Å². The van der Waals surface area contributed by atoms with Crippen molar-refractivity contribution >= 4 is 5.97 Å². The third-order valence-corrected chi connectivity index (χ3v) is 3.07. The minimum atomic E-state index is -1.41. The molecule has 1 fully saturated rings. The summed E-state index contributed by atoms with van der Waals surface area (Å²) in [6, 6.07) is 0. The van der Waals surface area contributed by atoms with Crippen molar-refractivity contribution in [3.63, 3.8) is 0 Å². The van der Waals surface area contributed by atoms with Crippen molar-refractivity contribution in [2.24, 2.45) is 5.92 Å². The molecule has 1 aliphatic rings. The lowest BCUT2D eigenvalue weighted by atomic mass is 10.1. The smallest absolute Gasteiger partial charge is 0.360 e. The number of carboxylic acid groups (broad SMARTS) is 1. The molecule has 0 unspecified atom stereocenters. The van der Waals surface area contributed by atoms with E-state index in [0.717, 1.165) is 12.8 Å². The van der Waals surface area contributed by atoms with Gasteiger partial charge >= 0.3 is 5.97 Å². The molecule has 1 heterocycles. The molecular weight excluding hydrogens is 224 g/mol. The zero-order chi connectivity index (χ0) is 12.4. The monoisotopic (exact) mass is 238 g/mol. The van der Waals surface area contributed by atoms with Gasteiger partial charge in [0.2, 0.25) is 5.69 Å². The first-order valence-corrected chi connectivity index (χ1v) is 5.62. The Bertz CT molecular complexity index is 489. The molecule has 1 saturated carbocycles. The number of carbonyl (C=O) groups is 1. The van der Waals surface area contributed by atoms with Gasteiger partial charge in [0, 0.05) is 6.54 Å². The standard InChI is InChI=1S/C11H14N2O4/c14-8-6-13(5-7-3-1-2-4-7)12-9(10(8)15)11(16)17/h6-7,14H,1-5H2,(H,16,17). The van der Waals surface area contributed by atoms with Crippen LogP contribution >= 0.6 is 0 Å². The molecule has 6 heteroatoms. The van der Waals surface area contributed by atoms with Crippen LogP contribution in [0.3, 0.4) is 0 Å². The lowest BCUT2D eigenvalue weighted by Gasteiger charge is -2.11. The van der Waals surface area contributed by atoms with Gasteiger partial charge in [-0.05, 0) is 18.8 Å². The Balaban J connectivity index is 2.28. The number of aromatic nitrogens is 2. The molecular formula is C11H14N2O4. The highest BCUT2D eigenvalue weighted by Crippen LogP contribution is 2.25. The second-order valence-electron chi connectivity index (χ2n) is 4.37. The average Bonchev–Trinajstić information content (AvgIpc) is 2.75. The topological polar surface area (TPSA) is 92.4 Å². The van der Waals surface area contributed by atoms with Crippen LogP contribution in [-0.2, 0) is 6.54 Å². The van der Waals surface area contributed by atoms with Crippen LogP contribution in [0.25, 0.3) is 0 Å². The Morgan fingerprint density at radius 2 is 2.12 bits per heavy atom. The highest BCUT2D eigenvalue weighted by Gasteiger charge is 2.19. The van der Waals surface area contributed by atoms with Gasteiger partial charge in [-0.3, -0.25) is 9.48 Å². The van der Waals surface area contributed by atoms with Gasteiger partial charge in [-0.25, -0.2) is 4.79 Å². The largest absolute Gasteiger partial charge is 0.503 e. The molecule has 0 spiro atoms. The normalized spacial score (nSPS) is 16.2. The average molecular weight is 238 g/mol. The summed E-state index contributed by atoms with van der Waals surface area (Å²) >= 11 is 0. The Hall–Kier alpha value is -1.85. The number of hydrogen-bond acceptors (Lipinski definition) is 4. The Morgan fingerprint density at radius 3 is 2.71 bits per heavy atom. The van der Waals surface area contributed by atoms with E-state index in [1.54, 1.807) is 0 Å². The van der Waals surface area contributed by atoms with Crippen molar-refractivity contribution in [1.29, 1.82) is 0 Å². The van der Waals surface area contributed by atoms with Crippen LogP contribution in [0.15, 0.2) is 11.0 Å². The van der Waals surface area contributed by atoms with E-state index in [2.05, 4.69) is 5.10 Å². The fraction of sp³-hybridized carbons (Fsp3) is 0.545. The number of aromatic carboxylic acids is 1. The van der Waals surface area contributed by atoms with E-state index in [1.165, 1.54) is 23.7 Å². The molecule has 2 rings (SSSR count). The fourth-order valence-electron chi connectivity index (χ4n) is 2.21. The molecule has 0 radical (unpaired) electrons. The maximum Gasteiger partial charge on any atom is 0.360 e. The maximum absolute atomic E-state index is 11.3. The lowest BCUT2D eigenvalue weighted by Crippen LogP contribution is -2.23. The lowest BCUT2D eigenvalue weighted by molar-refractivity contribution is 0.0684. The molecule has 0 amide bonds. The van der Waals surface area contributed by atoms with E-state index < -0.39 is 22.8 Å². The minimum Gasteiger partial charge on any atom is -0.503 e. The molecule has 17 heavy (non-hydrogen) atoms. The zero-order valence-corrected chi connectivity index (χ0v) is 9.30. The van der Waals surface area contributed by atoms with Gasteiger partial charge in [-0.2, -0.15) is 5.10 Å². The summed E-state index contributed by atoms with van der Waals surface area (Å²) in [6.07, 6.45) is 5.70. The van der Waals surface area contributed by atoms with E-state index in [4.69, 9.17) is 5.11 Å². The summed E-state index contributed by atoms with van der Waals surface area (Å²) < 4.78 is 1.36. The first-order valence-electron chi connectivity index (χ1n) is 5.62. The second-order valence-corrected chi connectivity index (χ2v) is 4.37. The first kappa shape index (κ1) is 11.6. The molecule has 0 aliphatic heterocycles. The fourth-order valence-corrected chi connectivity index (χ4v) is 2.21. The van der Waals surface area contributed by atoms with Gasteiger partial charge in [0.25, 0.3) is 5.43 Å². The van der Waals surface area contributed by atoms with Gasteiger partial charge in [0.05, 0.1) is 6.20 Å². The predicted molar refractivity (Wildman–Crippen MR) is 59.1 cm³/mol. The van der Waals surface area contributed by atoms with Crippen LogP contribution in [0.4, 0.5) is 0 Å². The summed E-state index contributed by atoms with van der Waals surface area (Å²) in [6.45, 7) is 0.550. The number of aromatic hydroxyl groups is 1. The van der Waals surface area contributed by atoms with E-state index in [-0.39, 0.29) is 0 Å². The molecule has 1 aromatic heterocycles. The van der Waals surface area contributed by atoms with Crippen LogP contribution in [0, 0.1) is 5.92 Å². The first-order chi connectivity index (χ1) is 8.08. The van der Waals surface area contributed by atoms with Crippen LogP contribution in [0.2, 0.25) is 0 Å². The highest BCUT2D eigenvalue weighted by molar-refractivity contribution is 5.85.